The second kappa shape index (κ2) is 4.64. The Morgan fingerprint density at radius 1 is 1.64 bits per heavy atom. The lowest BCUT2D eigenvalue weighted by molar-refractivity contribution is 0.145. The first kappa shape index (κ1) is 11.3. The minimum absolute atomic E-state index is 0.0234. The zero-order valence-electron chi connectivity index (χ0n) is 7.39. The van der Waals surface area contributed by atoms with Crippen molar-refractivity contribution in [2.45, 2.75) is 19.8 Å². The van der Waals surface area contributed by atoms with Gasteiger partial charge in [-0.2, -0.15) is 5.26 Å². The van der Waals surface area contributed by atoms with Crippen LogP contribution in [-0.2, 0) is 6.42 Å². The van der Waals surface area contributed by atoms with E-state index in [1.807, 2.05) is 28.7 Å². The fourth-order valence-electron chi connectivity index (χ4n) is 1.08. The maximum atomic E-state index is 12.5. The molecular weight excluding hydrogens is 301 g/mol. The van der Waals surface area contributed by atoms with Crippen LogP contribution < -0.4 is 0 Å². The van der Waals surface area contributed by atoms with E-state index in [0.29, 0.717) is 9.26 Å². The fraction of sp³-hybridized carbons (Fsp3) is 0.333. The van der Waals surface area contributed by atoms with Gasteiger partial charge >= 0.3 is 0 Å². The van der Waals surface area contributed by atoms with Gasteiger partial charge in [0.05, 0.1) is 12.5 Å². The number of hydrogen-bond donors (Lipinski definition) is 0. The molecule has 14 heavy (non-hydrogen) atoms. The highest BCUT2D eigenvalue weighted by Gasteiger charge is 2.16. The molecule has 74 valence electrons. The van der Waals surface area contributed by atoms with Crippen LogP contribution in [0, 0.1) is 22.0 Å². The van der Waals surface area contributed by atoms with Crippen LogP contribution in [-0.4, -0.2) is 4.98 Å². The Balaban J connectivity index is 3.25. The average molecular weight is 308 g/mol. The van der Waals surface area contributed by atoms with Crippen LogP contribution >= 0.6 is 22.6 Å². The Bertz CT molecular complexity index is 385. The van der Waals surface area contributed by atoms with Crippen molar-refractivity contribution in [3.8, 4) is 6.07 Å². The summed E-state index contributed by atoms with van der Waals surface area (Å²) in [4.78, 5) is 3.78. The van der Waals surface area contributed by atoms with Crippen molar-refractivity contribution in [2.24, 2.45) is 0 Å². The molecule has 0 aliphatic rings. The number of alkyl halides is 2. The Morgan fingerprint density at radius 2 is 2.29 bits per heavy atom. The fourth-order valence-corrected chi connectivity index (χ4v) is 1.49. The highest BCUT2D eigenvalue weighted by Crippen LogP contribution is 2.24. The number of rotatable bonds is 2. The molecule has 0 saturated carbocycles. The average Bonchev–Trinajstić information content (AvgIpc) is 2.11. The summed E-state index contributed by atoms with van der Waals surface area (Å²) in [5, 5.41) is 8.46. The van der Waals surface area contributed by atoms with Gasteiger partial charge < -0.3 is 0 Å². The van der Waals surface area contributed by atoms with Crippen molar-refractivity contribution in [3.63, 3.8) is 0 Å². The van der Waals surface area contributed by atoms with Gasteiger partial charge in [-0.3, -0.25) is 0 Å². The van der Waals surface area contributed by atoms with E-state index in [2.05, 4.69) is 4.98 Å². The lowest BCUT2D eigenvalue weighted by Crippen LogP contribution is -2.01. The molecule has 0 saturated heterocycles. The van der Waals surface area contributed by atoms with Crippen LogP contribution in [0.5, 0.6) is 0 Å². The summed E-state index contributed by atoms with van der Waals surface area (Å²) < 4.78 is 25.5. The normalized spacial score (nSPS) is 10.3. The zero-order chi connectivity index (χ0) is 10.7. The maximum Gasteiger partial charge on any atom is 0.280 e. The third-order valence-electron chi connectivity index (χ3n) is 1.74. The van der Waals surface area contributed by atoms with E-state index in [-0.39, 0.29) is 12.1 Å². The minimum Gasteiger partial charge on any atom is -0.240 e. The first-order chi connectivity index (χ1) is 6.56. The molecule has 5 heteroatoms. The largest absolute Gasteiger partial charge is 0.280 e. The molecule has 1 rings (SSSR count). The molecular formula is C9H7F2IN2. The molecule has 0 N–H and O–H groups in total. The van der Waals surface area contributed by atoms with E-state index in [9.17, 15) is 8.78 Å². The van der Waals surface area contributed by atoms with Crippen molar-refractivity contribution >= 4 is 22.6 Å². The van der Waals surface area contributed by atoms with E-state index < -0.39 is 6.43 Å². The summed E-state index contributed by atoms with van der Waals surface area (Å²) in [7, 11) is 0. The predicted molar refractivity (Wildman–Crippen MR) is 56.0 cm³/mol. The van der Waals surface area contributed by atoms with Gasteiger partial charge in [0.25, 0.3) is 6.43 Å². The Morgan fingerprint density at radius 3 is 2.79 bits per heavy atom. The van der Waals surface area contributed by atoms with Gasteiger partial charge in [-0.1, -0.05) is 6.07 Å². The van der Waals surface area contributed by atoms with E-state index in [1.165, 1.54) is 0 Å². The van der Waals surface area contributed by atoms with Crippen LogP contribution in [0.1, 0.15) is 23.2 Å². The summed E-state index contributed by atoms with van der Waals surface area (Å²) in [6.07, 6.45) is -2.64. The van der Waals surface area contributed by atoms with Gasteiger partial charge in [-0.15, -0.1) is 0 Å². The number of halogens is 3. The summed E-state index contributed by atoms with van der Waals surface area (Å²) in [6, 6.07) is 3.45. The molecule has 0 aromatic carbocycles. The van der Waals surface area contributed by atoms with Crippen molar-refractivity contribution in [1.82, 2.24) is 4.98 Å². The van der Waals surface area contributed by atoms with Gasteiger partial charge in [-0.25, -0.2) is 13.8 Å². The van der Waals surface area contributed by atoms with Crippen molar-refractivity contribution in [2.75, 3.05) is 0 Å². The molecule has 0 amide bonds. The molecule has 2 nitrogen and oxygen atoms in total. The number of hydrogen-bond acceptors (Lipinski definition) is 2. The molecule has 0 bridgehead atoms. The smallest absolute Gasteiger partial charge is 0.240 e. The molecule has 0 spiro atoms. The molecule has 0 aliphatic carbocycles. The Kier molecular flexibility index (Phi) is 3.75. The second-order valence-electron chi connectivity index (χ2n) is 2.78. The van der Waals surface area contributed by atoms with E-state index in [1.54, 1.807) is 13.0 Å². The minimum atomic E-state index is -2.62. The molecule has 1 heterocycles. The summed E-state index contributed by atoms with van der Waals surface area (Å²) in [5.74, 6) is 0. The van der Waals surface area contributed by atoms with Crippen LogP contribution in [0.3, 0.4) is 0 Å². The lowest BCUT2D eigenvalue weighted by atomic mass is 10.1. The number of nitrogens with zero attached hydrogens (tertiary/aromatic N) is 2. The lowest BCUT2D eigenvalue weighted by Gasteiger charge is -2.07. The van der Waals surface area contributed by atoms with Crippen LogP contribution in [0.15, 0.2) is 6.07 Å². The molecule has 1 aromatic heterocycles. The summed E-state index contributed by atoms with van der Waals surface area (Å²) >= 11 is 1.90. The van der Waals surface area contributed by atoms with Crippen LogP contribution in [0.2, 0.25) is 0 Å². The maximum absolute atomic E-state index is 12.5. The Hall–Kier alpha value is -0.770. The number of pyridine rings is 1. The highest BCUT2D eigenvalue weighted by atomic mass is 127. The van der Waals surface area contributed by atoms with E-state index in [4.69, 9.17) is 5.26 Å². The number of nitriles is 1. The van der Waals surface area contributed by atoms with E-state index in [0.717, 1.165) is 5.56 Å². The quantitative estimate of drug-likeness (QED) is 0.622. The van der Waals surface area contributed by atoms with Crippen molar-refractivity contribution in [3.05, 3.63) is 26.6 Å². The third kappa shape index (κ3) is 2.38. The molecule has 0 aliphatic heterocycles. The Labute approximate surface area is 94.1 Å². The van der Waals surface area contributed by atoms with Gasteiger partial charge in [-0.05, 0) is 40.6 Å². The summed E-state index contributed by atoms with van der Waals surface area (Å²) in [5.41, 5.74) is 0.863. The zero-order valence-corrected chi connectivity index (χ0v) is 9.55. The molecule has 1 aromatic rings. The first-order valence-corrected chi connectivity index (χ1v) is 4.95. The first-order valence-electron chi connectivity index (χ1n) is 3.87. The summed E-state index contributed by atoms with van der Waals surface area (Å²) in [6.45, 7) is 1.78. The number of aromatic nitrogens is 1. The van der Waals surface area contributed by atoms with Gasteiger partial charge in [0.2, 0.25) is 0 Å². The second-order valence-corrected chi connectivity index (χ2v) is 3.80. The molecule has 0 radical (unpaired) electrons. The van der Waals surface area contributed by atoms with Gasteiger partial charge in [0, 0.05) is 0 Å². The van der Waals surface area contributed by atoms with Crippen LogP contribution in [0.4, 0.5) is 8.78 Å². The van der Waals surface area contributed by atoms with Gasteiger partial charge in [0.15, 0.2) is 0 Å². The van der Waals surface area contributed by atoms with E-state index >= 15 is 0 Å². The molecule has 0 unspecified atom stereocenters. The van der Waals surface area contributed by atoms with Crippen molar-refractivity contribution < 1.29 is 8.78 Å². The number of aryl methyl sites for hydroxylation is 1. The molecule has 0 fully saturated rings. The SMILES string of the molecule is Cc1cc(CC#N)c(C(F)F)nc1I. The monoisotopic (exact) mass is 308 g/mol. The van der Waals surface area contributed by atoms with Crippen molar-refractivity contribution in [1.29, 1.82) is 5.26 Å². The topological polar surface area (TPSA) is 36.7 Å². The highest BCUT2D eigenvalue weighted by molar-refractivity contribution is 14.1. The third-order valence-corrected chi connectivity index (χ3v) is 2.83. The predicted octanol–water partition coefficient (Wildman–Crippen LogP) is 3.00. The van der Waals surface area contributed by atoms with Crippen LogP contribution in [0.25, 0.3) is 0 Å². The standard InChI is InChI=1S/C9H7F2IN2/c1-5-4-6(2-3-13)7(8(10)11)14-9(5)12/h4,8H,2H2,1H3. The van der Waals surface area contributed by atoms with Gasteiger partial charge in [0.1, 0.15) is 9.39 Å². The molecule has 0 atom stereocenters.